The van der Waals surface area contributed by atoms with Gasteiger partial charge in [-0.1, -0.05) is 0 Å². The minimum atomic E-state index is -0.504. The molecule has 1 aromatic rings. The number of ether oxygens (including phenoxy) is 2. The normalized spacial score (nSPS) is 11.4. The van der Waals surface area contributed by atoms with E-state index >= 15 is 0 Å². The molecule has 0 bridgehead atoms. The monoisotopic (exact) mass is 367 g/mol. The van der Waals surface area contributed by atoms with Gasteiger partial charge in [0.05, 0.1) is 24.1 Å². The molecule has 0 aliphatic rings. The van der Waals surface area contributed by atoms with Crippen LogP contribution in [0, 0.1) is 0 Å². The molecule has 0 fully saturated rings. The minimum Gasteiger partial charge on any atom is -0.503 e. The maximum Gasteiger partial charge on any atom is 0.307 e. The van der Waals surface area contributed by atoms with Crippen LogP contribution in [-0.2, 0) is 9.53 Å². The molecule has 5 nitrogen and oxygen atoms in total. The summed E-state index contributed by atoms with van der Waals surface area (Å²) < 4.78 is 10.6. The number of halogens is 2. The van der Waals surface area contributed by atoms with Crippen LogP contribution in [0.1, 0.15) is 31.9 Å². The Morgan fingerprint density at radius 2 is 2.05 bits per heavy atom. The Kier molecular flexibility index (Phi) is 8.60. The maximum atomic E-state index is 11.4. The van der Waals surface area contributed by atoms with Gasteiger partial charge in [-0.25, -0.2) is 0 Å². The first-order valence-corrected chi connectivity index (χ1v) is 6.85. The minimum absolute atomic E-state index is 0. The Bertz CT molecular complexity index is 456. The molecule has 1 atom stereocenters. The lowest BCUT2D eigenvalue weighted by Gasteiger charge is -2.15. The van der Waals surface area contributed by atoms with Gasteiger partial charge < -0.3 is 20.3 Å². The van der Waals surface area contributed by atoms with E-state index in [-0.39, 0.29) is 30.5 Å². The molecule has 0 radical (unpaired) electrons. The zero-order valence-corrected chi connectivity index (χ0v) is 13.8. The highest BCUT2D eigenvalue weighted by Gasteiger charge is 2.17. The average molecular weight is 369 g/mol. The van der Waals surface area contributed by atoms with E-state index in [0.717, 1.165) is 0 Å². The van der Waals surface area contributed by atoms with Gasteiger partial charge in [-0.2, -0.15) is 0 Å². The summed E-state index contributed by atoms with van der Waals surface area (Å²) >= 11 is 3.23. The number of carbonyl (C=O) groups is 1. The van der Waals surface area contributed by atoms with E-state index < -0.39 is 6.04 Å². The smallest absolute Gasteiger partial charge is 0.307 e. The van der Waals surface area contributed by atoms with Crippen molar-refractivity contribution in [1.29, 1.82) is 0 Å². The lowest BCUT2D eigenvalue weighted by Crippen LogP contribution is -2.17. The average Bonchev–Trinajstić information content (AvgIpc) is 2.35. The van der Waals surface area contributed by atoms with Crippen LogP contribution in [-0.4, -0.2) is 24.3 Å². The molecule has 0 saturated carbocycles. The van der Waals surface area contributed by atoms with Crippen LogP contribution >= 0.6 is 28.3 Å². The maximum absolute atomic E-state index is 11.4. The van der Waals surface area contributed by atoms with Crippen molar-refractivity contribution in [2.45, 2.75) is 26.3 Å². The molecular weight excluding hydrogens is 350 g/mol. The molecule has 0 amide bonds. The molecule has 0 aliphatic carbocycles. The molecule has 0 aliphatic heterocycles. The van der Waals surface area contributed by atoms with Crippen LogP contribution in [0.5, 0.6) is 11.5 Å². The third kappa shape index (κ3) is 5.19. The molecule has 1 rings (SSSR count). The fraction of sp³-hybridized carbons (Fsp3) is 0.462. The van der Waals surface area contributed by atoms with Crippen molar-refractivity contribution >= 4 is 34.3 Å². The molecule has 0 aromatic heterocycles. The Labute approximate surface area is 133 Å². The zero-order valence-electron chi connectivity index (χ0n) is 11.4. The first-order valence-electron chi connectivity index (χ1n) is 6.06. The van der Waals surface area contributed by atoms with Crippen molar-refractivity contribution in [2.24, 2.45) is 5.73 Å². The van der Waals surface area contributed by atoms with Crippen molar-refractivity contribution in [3.05, 3.63) is 22.2 Å². The van der Waals surface area contributed by atoms with Crippen LogP contribution in [0.2, 0.25) is 0 Å². The second-order valence-electron chi connectivity index (χ2n) is 3.90. The van der Waals surface area contributed by atoms with Crippen molar-refractivity contribution in [3.63, 3.8) is 0 Å². The van der Waals surface area contributed by atoms with E-state index in [0.29, 0.717) is 29.0 Å². The SMILES string of the molecule is CCOC(=O)C[C@H](N)c1cc(Br)c(O)c(OCC)c1.Cl. The Hall–Kier alpha value is -0.980. The first kappa shape index (κ1) is 19.0. The number of rotatable bonds is 6. The number of hydrogen-bond donors (Lipinski definition) is 2. The number of aromatic hydroxyl groups is 1. The summed E-state index contributed by atoms with van der Waals surface area (Å²) in [6.45, 7) is 4.32. The summed E-state index contributed by atoms with van der Waals surface area (Å²) in [7, 11) is 0. The van der Waals surface area contributed by atoms with Crippen LogP contribution in [0.4, 0.5) is 0 Å². The molecule has 0 saturated heterocycles. The van der Waals surface area contributed by atoms with Crippen LogP contribution in [0.25, 0.3) is 0 Å². The predicted octanol–water partition coefficient (Wildman–Crippen LogP) is 2.93. The Morgan fingerprint density at radius 1 is 1.40 bits per heavy atom. The van der Waals surface area contributed by atoms with Gasteiger partial charge in [-0.15, -0.1) is 12.4 Å². The standard InChI is InChI=1S/C13H18BrNO4.ClH/c1-3-18-11-6-8(5-9(14)13(11)17)10(15)7-12(16)19-4-2;/h5-6,10,17H,3-4,7,15H2,1-2H3;1H/t10-;/m0./s1. The fourth-order valence-electron chi connectivity index (χ4n) is 1.59. The Morgan fingerprint density at radius 3 is 2.60 bits per heavy atom. The second kappa shape index (κ2) is 9.05. The Balaban J connectivity index is 0.00000361. The van der Waals surface area contributed by atoms with E-state index in [4.69, 9.17) is 15.2 Å². The van der Waals surface area contributed by atoms with Gasteiger partial charge in [0.25, 0.3) is 0 Å². The molecule has 3 N–H and O–H groups in total. The third-order valence-electron chi connectivity index (χ3n) is 2.47. The predicted molar refractivity (Wildman–Crippen MR) is 82.4 cm³/mol. The number of benzene rings is 1. The van der Waals surface area contributed by atoms with Gasteiger partial charge in [0.15, 0.2) is 11.5 Å². The molecule has 114 valence electrons. The lowest BCUT2D eigenvalue weighted by atomic mass is 10.0. The number of carbonyl (C=O) groups excluding carboxylic acids is 1. The number of nitrogens with two attached hydrogens (primary N) is 1. The largest absolute Gasteiger partial charge is 0.503 e. The third-order valence-corrected chi connectivity index (χ3v) is 3.08. The quantitative estimate of drug-likeness (QED) is 0.755. The fourth-order valence-corrected chi connectivity index (χ4v) is 2.05. The highest BCUT2D eigenvalue weighted by molar-refractivity contribution is 9.10. The van der Waals surface area contributed by atoms with Crippen molar-refractivity contribution in [3.8, 4) is 11.5 Å². The second-order valence-corrected chi connectivity index (χ2v) is 4.75. The summed E-state index contributed by atoms with van der Waals surface area (Å²) in [5.74, 6) is 0.0114. The summed E-state index contributed by atoms with van der Waals surface area (Å²) in [6, 6.07) is 2.80. The summed E-state index contributed by atoms with van der Waals surface area (Å²) in [6.07, 6.45) is 0.0800. The molecule has 0 spiro atoms. The molecule has 0 unspecified atom stereocenters. The molecule has 1 aromatic carbocycles. The molecule has 7 heteroatoms. The summed E-state index contributed by atoms with van der Waals surface area (Å²) in [5.41, 5.74) is 6.65. The highest BCUT2D eigenvalue weighted by atomic mass is 79.9. The summed E-state index contributed by atoms with van der Waals surface area (Å²) in [4.78, 5) is 11.4. The van der Waals surface area contributed by atoms with Gasteiger partial charge in [-0.05, 0) is 47.5 Å². The highest BCUT2D eigenvalue weighted by Crippen LogP contribution is 2.37. The van der Waals surface area contributed by atoms with Gasteiger partial charge >= 0.3 is 5.97 Å². The molecule has 0 heterocycles. The van der Waals surface area contributed by atoms with Gasteiger partial charge in [-0.3, -0.25) is 4.79 Å². The lowest BCUT2D eigenvalue weighted by molar-refractivity contribution is -0.143. The topological polar surface area (TPSA) is 81.8 Å². The number of phenols is 1. The van der Waals surface area contributed by atoms with Gasteiger partial charge in [0.1, 0.15) is 0 Å². The van der Waals surface area contributed by atoms with E-state index in [9.17, 15) is 9.90 Å². The van der Waals surface area contributed by atoms with E-state index in [1.165, 1.54) is 0 Å². The van der Waals surface area contributed by atoms with E-state index in [1.807, 2.05) is 6.92 Å². The van der Waals surface area contributed by atoms with Crippen LogP contribution < -0.4 is 10.5 Å². The number of hydrogen-bond acceptors (Lipinski definition) is 5. The van der Waals surface area contributed by atoms with E-state index in [1.54, 1.807) is 19.1 Å². The van der Waals surface area contributed by atoms with Gasteiger partial charge in [0, 0.05) is 6.04 Å². The zero-order chi connectivity index (χ0) is 14.4. The molecule has 20 heavy (non-hydrogen) atoms. The number of esters is 1. The van der Waals surface area contributed by atoms with Crippen molar-refractivity contribution in [1.82, 2.24) is 0 Å². The van der Waals surface area contributed by atoms with Gasteiger partial charge in [0.2, 0.25) is 0 Å². The number of phenolic OH excluding ortho intramolecular Hbond substituents is 1. The molecular formula is C13H19BrClNO4. The van der Waals surface area contributed by atoms with E-state index in [2.05, 4.69) is 15.9 Å². The van der Waals surface area contributed by atoms with Crippen LogP contribution in [0.3, 0.4) is 0 Å². The first-order chi connectivity index (χ1) is 8.99. The van der Waals surface area contributed by atoms with Crippen molar-refractivity contribution in [2.75, 3.05) is 13.2 Å². The van der Waals surface area contributed by atoms with Crippen molar-refractivity contribution < 1.29 is 19.4 Å². The summed E-state index contributed by atoms with van der Waals surface area (Å²) in [5, 5.41) is 9.80. The van der Waals surface area contributed by atoms with Crippen LogP contribution in [0.15, 0.2) is 16.6 Å².